The second kappa shape index (κ2) is 6.28. The summed E-state index contributed by atoms with van der Waals surface area (Å²) in [5.74, 6) is -0.867. The van der Waals surface area contributed by atoms with Crippen molar-refractivity contribution in [3.8, 4) is 11.8 Å². The van der Waals surface area contributed by atoms with Gasteiger partial charge in [0.05, 0.1) is 25.7 Å². The summed E-state index contributed by atoms with van der Waals surface area (Å²) in [6, 6.07) is 3.45. The SMILES string of the molecule is CCOC(=O)Cc1cc(OC)c(C#N)c(C(F)(F)F)c1. The molecule has 0 aliphatic heterocycles. The first kappa shape index (κ1) is 15.8. The average molecular weight is 287 g/mol. The molecule has 4 nitrogen and oxygen atoms in total. The Morgan fingerprint density at radius 1 is 1.40 bits per heavy atom. The fourth-order valence-corrected chi connectivity index (χ4v) is 1.65. The maximum atomic E-state index is 12.9. The van der Waals surface area contributed by atoms with Gasteiger partial charge in [0.1, 0.15) is 17.4 Å². The zero-order valence-electron chi connectivity index (χ0n) is 10.9. The molecule has 7 heteroatoms. The molecule has 1 aromatic carbocycles. The molecule has 0 heterocycles. The summed E-state index contributed by atoms with van der Waals surface area (Å²) < 4.78 is 48.1. The van der Waals surface area contributed by atoms with Crippen molar-refractivity contribution in [1.29, 1.82) is 5.26 Å². The molecule has 0 atom stereocenters. The third kappa shape index (κ3) is 3.63. The van der Waals surface area contributed by atoms with Crippen molar-refractivity contribution < 1.29 is 27.4 Å². The number of hydrogen-bond acceptors (Lipinski definition) is 4. The number of ether oxygens (including phenoxy) is 2. The summed E-state index contributed by atoms with van der Waals surface area (Å²) in [5.41, 5.74) is -1.65. The van der Waals surface area contributed by atoms with Crippen LogP contribution in [0.5, 0.6) is 5.75 Å². The minimum atomic E-state index is -4.71. The summed E-state index contributed by atoms with van der Waals surface area (Å²) in [5, 5.41) is 8.83. The van der Waals surface area contributed by atoms with Gasteiger partial charge < -0.3 is 9.47 Å². The van der Waals surface area contributed by atoms with Crippen LogP contribution in [-0.4, -0.2) is 19.7 Å². The predicted molar refractivity (Wildman–Crippen MR) is 63.0 cm³/mol. The maximum Gasteiger partial charge on any atom is 0.417 e. The number of carbonyl (C=O) groups is 1. The normalized spacial score (nSPS) is 10.8. The van der Waals surface area contributed by atoms with Gasteiger partial charge in [-0.2, -0.15) is 18.4 Å². The lowest BCUT2D eigenvalue weighted by atomic mass is 10.0. The summed E-state index contributed by atoms with van der Waals surface area (Å²) in [7, 11) is 1.16. The lowest BCUT2D eigenvalue weighted by Crippen LogP contribution is -2.12. The molecule has 0 spiro atoms. The smallest absolute Gasteiger partial charge is 0.417 e. The minimum Gasteiger partial charge on any atom is -0.495 e. The van der Waals surface area contributed by atoms with Gasteiger partial charge in [0, 0.05) is 0 Å². The van der Waals surface area contributed by atoms with Gasteiger partial charge in [-0.25, -0.2) is 0 Å². The van der Waals surface area contributed by atoms with Crippen molar-refractivity contribution >= 4 is 5.97 Å². The predicted octanol–water partition coefficient (Wildman–Crippen LogP) is 2.69. The molecule has 1 aromatic rings. The molecule has 20 heavy (non-hydrogen) atoms. The first-order valence-electron chi connectivity index (χ1n) is 5.67. The fraction of sp³-hybridized carbons (Fsp3) is 0.385. The Morgan fingerprint density at radius 2 is 2.05 bits per heavy atom. The Hall–Kier alpha value is -2.23. The summed E-state index contributed by atoms with van der Waals surface area (Å²) in [6.45, 7) is 1.73. The molecule has 0 radical (unpaired) electrons. The fourth-order valence-electron chi connectivity index (χ4n) is 1.65. The van der Waals surface area contributed by atoms with Crippen molar-refractivity contribution in [3.63, 3.8) is 0 Å². The van der Waals surface area contributed by atoms with Crippen LogP contribution < -0.4 is 4.74 Å². The highest BCUT2D eigenvalue weighted by molar-refractivity contribution is 5.73. The molecule has 0 bridgehead atoms. The summed E-state index contributed by atoms with van der Waals surface area (Å²) in [6.07, 6.45) is -5.03. The molecule has 0 amide bonds. The van der Waals surface area contributed by atoms with Crippen molar-refractivity contribution in [2.45, 2.75) is 19.5 Å². The van der Waals surface area contributed by atoms with Crippen LogP contribution in [0.4, 0.5) is 13.2 Å². The van der Waals surface area contributed by atoms with E-state index in [-0.39, 0.29) is 24.3 Å². The number of nitrogens with zero attached hydrogens (tertiary/aromatic N) is 1. The van der Waals surface area contributed by atoms with E-state index in [2.05, 4.69) is 4.74 Å². The molecule has 1 rings (SSSR count). The van der Waals surface area contributed by atoms with Gasteiger partial charge in [-0.05, 0) is 24.6 Å². The van der Waals surface area contributed by atoms with Gasteiger partial charge in [-0.1, -0.05) is 0 Å². The van der Waals surface area contributed by atoms with Crippen LogP contribution in [0.3, 0.4) is 0 Å². The molecule has 0 aromatic heterocycles. The van der Waals surface area contributed by atoms with Gasteiger partial charge in [-0.3, -0.25) is 4.79 Å². The largest absolute Gasteiger partial charge is 0.495 e. The highest BCUT2D eigenvalue weighted by Gasteiger charge is 2.35. The van der Waals surface area contributed by atoms with E-state index in [0.29, 0.717) is 0 Å². The van der Waals surface area contributed by atoms with Crippen molar-refractivity contribution in [2.24, 2.45) is 0 Å². The van der Waals surface area contributed by atoms with E-state index in [9.17, 15) is 18.0 Å². The van der Waals surface area contributed by atoms with Gasteiger partial charge in [0.2, 0.25) is 0 Å². The quantitative estimate of drug-likeness (QED) is 0.799. The molecular formula is C13H12F3NO3. The lowest BCUT2D eigenvalue weighted by molar-refractivity contribution is -0.142. The van der Waals surface area contributed by atoms with Crippen LogP contribution in [0, 0.1) is 11.3 Å². The number of rotatable bonds is 4. The monoisotopic (exact) mass is 287 g/mol. The van der Waals surface area contributed by atoms with Gasteiger partial charge in [0.25, 0.3) is 0 Å². The third-order valence-corrected chi connectivity index (χ3v) is 2.45. The van der Waals surface area contributed by atoms with Crippen LogP contribution in [0.15, 0.2) is 12.1 Å². The standard InChI is InChI=1S/C13H12F3NO3/c1-3-20-12(18)6-8-4-10(13(14,15)16)9(7-17)11(5-8)19-2/h4-5H,3,6H2,1-2H3. The molecular weight excluding hydrogens is 275 g/mol. The highest BCUT2D eigenvalue weighted by Crippen LogP contribution is 2.36. The number of esters is 1. The van der Waals surface area contributed by atoms with E-state index in [1.807, 2.05) is 0 Å². The Labute approximate surface area is 113 Å². The zero-order valence-corrected chi connectivity index (χ0v) is 10.9. The lowest BCUT2D eigenvalue weighted by Gasteiger charge is -2.14. The summed E-state index contributed by atoms with van der Waals surface area (Å²) >= 11 is 0. The molecule has 0 N–H and O–H groups in total. The van der Waals surface area contributed by atoms with E-state index < -0.39 is 23.3 Å². The number of nitriles is 1. The van der Waals surface area contributed by atoms with E-state index in [0.717, 1.165) is 13.2 Å². The Kier molecular flexibility index (Phi) is 4.97. The van der Waals surface area contributed by atoms with Gasteiger partial charge in [0.15, 0.2) is 0 Å². The molecule has 0 saturated heterocycles. The molecule has 0 fully saturated rings. The van der Waals surface area contributed by atoms with Crippen LogP contribution in [0.2, 0.25) is 0 Å². The van der Waals surface area contributed by atoms with E-state index in [1.165, 1.54) is 12.1 Å². The van der Waals surface area contributed by atoms with E-state index in [1.54, 1.807) is 6.92 Å². The third-order valence-electron chi connectivity index (χ3n) is 2.45. The zero-order chi connectivity index (χ0) is 15.3. The molecule has 0 unspecified atom stereocenters. The topological polar surface area (TPSA) is 59.3 Å². The summed E-state index contributed by atoms with van der Waals surface area (Å²) in [4.78, 5) is 11.3. The number of hydrogen-bond donors (Lipinski definition) is 0. The van der Waals surface area contributed by atoms with Crippen molar-refractivity contribution in [2.75, 3.05) is 13.7 Å². The van der Waals surface area contributed by atoms with Crippen LogP contribution in [0.1, 0.15) is 23.6 Å². The highest BCUT2D eigenvalue weighted by atomic mass is 19.4. The molecule has 0 saturated carbocycles. The Balaban J connectivity index is 3.30. The van der Waals surface area contributed by atoms with E-state index >= 15 is 0 Å². The molecule has 0 aliphatic rings. The van der Waals surface area contributed by atoms with Crippen LogP contribution >= 0.6 is 0 Å². The Morgan fingerprint density at radius 3 is 2.50 bits per heavy atom. The number of carbonyl (C=O) groups excluding carboxylic acids is 1. The van der Waals surface area contributed by atoms with E-state index in [4.69, 9.17) is 10.00 Å². The number of methoxy groups -OCH3 is 1. The number of benzene rings is 1. The molecule has 0 aliphatic carbocycles. The second-order valence-electron chi connectivity index (χ2n) is 3.81. The number of alkyl halides is 3. The first-order valence-corrected chi connectivity index (χ1v) is 5.67. The molecule has 108 valence electrons. The minimum absolute atomic E-state index is 0.0756. The van der Waals surface area contributed by atoms with Crippen molar-refractivity contribution in [3.05, 3.63) is 28.8 Å². The first-order chi connectivity index (χ1) is 9.33. The second-order valence-corrected chi connectivity index (χ2v) is 3.81. The number of halogens is 3. The Bertz CT molecular complexity index is 547. The van der Waals surface area contributed by atoms with Gasteiger partial charge >= 0.3 is 12.1 Å². The van der Waals surface area contributed by atoms with Crippen LogP contribution in [0.25, 0.3) is 0 Å². The van der Waals surface area contributed by atoms with Gasteiger partial charge in [-0.15, -0.1) is 0 Å². The average Bonchev–Trinajstić information content (AvgIpc) is 2.36. The van der Waals surface area contributed by atoms with Crippen LogP contribution in [-0.2, 0) is 22.1 Å². The maximum absolute atomic E-state index is 12.9. The van der Waals surface area contributed by atoms with Crippen molar-refractivity contribution in [1.82, 2.24) is 0 Å².